The molecular formula is C25H27NO2. The molecule has 0 saturated carbocycles. The summed E-state index contributed by atoms with van der Waals surface area (Å²) in [5.74, 6) is 2.30. The number of furan rings is 1. The lowest BCUT2D eigenvalue weighted by molar-refractivity contribution is 0.0845. The van der Waals surface area contributed by atoms with Crippen LogP contribution in [0.15, 0.2) is 71.4 Å². The number of hydrogen-bond donors (Lipinski definition) is 0. The van der Waals surface area contributed by atoms with Gasteiger partial charge in [-0.2, -0.15) is 0 Å². The van der Waals surface area contributed by atoms with E-state index in [1.807, 2.05) is 18.4 Å². The van der Waals surface area contributed by atoms with Crippen LogP contribution in [-0.2, 0) is 12.8 Å². The third-order valence-corrected chi connectivity index (χ3v) is 6.43. The second kappa shape index (κ2) is 7.48. The first-order valence-electron chi connectivity index (χ1n) is 10.3. The number of rotatable bonds is 6. The van der Waals surface area contributed by atoms with Gasteiger partial charge in [0.05, 0.1) is 13.4 Å². The summed E-state index contributed by atoms with van der Waals surface area (Å²) < 4.78 is 11.2. The average Bonchev–Trinajstić information content (AvgIpc) is 3.15. The van der Waals surface area contributed by atoms with E-state index in [1.54, 1.807) is 7.11 Å². The van der Waals surface area contributed by atoms with Crippen LogP contribution in [0, 0.1) is 11.8 Å². The fourth-order valence-electron chi connectivity index (χ4n) is 5.02. The molecule has 3 aromatic rings. The van der Waals surface area contributed by atoms with Crippen molar-refractivity contribution in [2.45, 2.75) is 25.3 Å². The van der Waals surface area contributed by atoms with Crippen molar-refractivity contribution in [1.29, 1.82) is 0 Å². The third kappa shape index (κ3) is 3.35. The maximum atomic E-state index is 5.76. The molecule has 0 radical (unpaired) electrons. The summed E-state index contributed by atoms with van der Waals surface area (Å²) in [6, 6.07) is 17.5. The molecule has 3 atom stereocenters. The molecule has 3 nitrogen and oxygen atoms in total. The molecule has 1 saturated heterocycles. The lowest BCUT2D eigenvalue weighted by Crippen LogP contribution is -2.51. The van der Waals surface area contributed by atoms with Crippen LogP contribution in [0.3, 0.4) is 0 Å². The van der Waals surface area contributed by atoms with Crippen molar-refractivity contribution >= 4 is 11.0 Å². The number of methoxy groups -OCH3 is 1. The van der Waals surface area contributed by atoms with E-state index < -0.39 is 0 Å². The predicted octanol–water partition coefficient (Wildman–Crippen LogP) is 5.10. The van der Waals surface area contributed by atoms with Crippen molar-refractivity contribution in [3.8, 4) is 5.75 Å². The summed E-state index contributed by atoms with van der Waals surface area (Å²) in [6.07, 6.45) is 10.3. The second-order valence-corrected chi connectivity index (χ2v) is 8.19. The van der Waals surface area contributed by atoms with Gasteiger partial charge in [-0.1, -0.05) is 42.5 Å². The van der Waals surface area contributed by atoms with Gasteiger partial charge in [-0.25, -0.2) is 0 Å². The zero-order valence-electron chi connectivity index (χ0n) is 16.4. The van der Waals surface area contributed by atoms with E-state index in [4.69, 9.17) is 9.15 Å². The van der Waals surface area contributed by atoms with Crippen LogP contribution >= 0.6 is 0 Å². The SMILES string of the molecule is COc1ccc2occ(CCN3CC4C=CC3C(Cc3ccccc3)C4)c2c1. The number of nitrogens with zero attached hydrogens (tertiary/aromatic N) is 1. The van der Waals surface area contributed by atoms with Crippen molar-refractivity contribution in [1.82, 2.24) is 4.90 Å². The van der Waals surface area contributed by atoms with Crippen LogP contribution in [0.4, 0.5) is 0 Å². The van der Waals surface area contributed by atoms with Gasteiger partial charge in [-0.3, -0.25) is 4.90 Å². The first-order valence-corrected chi connectivity index (χ1v) is 10.3. The molecule has 1 fully saturated rings. The fraction of sp³-hybridized carbons (Fsp3) is 0.360. The van der Waals surface area contributed by atoms with E-state index in [-0.39, 0.29) is 0 Å². The normalized spacial score (nSPS) is 24.1. The zero-order valence-corrected chi connectivity index (χ0v) is 16.4. The molecular weight excluding hydrogens is 346 g/mol. The predicted molar refractivity (Wildman–Crippen MR) is 113 cm³/mol. The number of hydrogen-bond acceptors (Lipinski definition) is 3. The Kier molecular flexibility index (Phi) is 4.69. The monoisotopic (exact) mass is 373 g/mol. The van der Waals surface area contributed by atoms with Crippen LogP contribution < -0.4 is 4.74 Å². The highest BCUT2D eigenvalue weighted by Gasteiger charge is 2.37. The average molecular weight is 373 g/mol. The maximum absolute atomic E-state index is 5.76. The number of benzene rings is 2. The minimum absolute atomic E-state index is 0.554. The quantitative estimate of drug-likeness (QED) is 0.562. The van der Waals surface area contributed by atoms with Gasteiger partial charge in [0, 0.05) is 24.5 Å². The summed E-state index contributed by atoms with van der Waals surface area (Å²) >= 11 is 0. The van der Waals surface area contributed by atoms with Crippen molar-refractivity contribution in [3.63, 3.8) is 0 Å². The highest BCUT2D eigenvalue weighted by molar-refractivity contribution is 5.82. The highest BCUT2D eigenvalue weighted by atomic mass is 16.5. The van der Waals surface area contributed by atoms with Crippen molar-refractivity contribution in [2.75, 3.05) is 20.2 Å². The summed E-state index contributed by atoms with van der Waals surface area (Å²) in [5, 5.41) is 1.18. The second-order valence-electron chi connectivity index (χ2n) is 8.19. The van der Waals surface area contributed by atoms with Crippen LogP contribution in [-0.4, -0.2) is 31.1 Å². The Morgan fingerprint density at radius 2 is 2.00 bits per heavy atom. The topological polar surface area (TPSA) is 25.6 Å². The Hall–Kier alpha value is -2.52. The third-order valence-electron chi connectivity index (χ3n) is 6.43. The Labute approximate surface area is 166 Å². The first-order chi connectivity index (χ1) is 13.8. The summed E-state index contributed by atoms with van der Waals surface area (Å²) in [5.41, 5.74) is 3.68. The summed E-state index contributed by atoms with van der Waals surface area (Å²) in [7, 11) is 1.71. The largest absolute Gasteiger partial charge is 0.497 e. The lowest BCUT2D eigenvalue weighted by Gasteiger charge is -2.46. The molecule has 2 bridgehead atoms. The molecule has 3 heterocycles. The van der Waals surface area contributed by atoms with Crippen molar-refractivity contribution in [3.05, 3.63) is 78.1 Å². The molecule has 0 N–H and O–H groups in total. The standard InChI is InChI=1S/C25H27NO2/c1-27-22-8-10-25-23(15-22)20(17-28-25)11-12-26-16-19-7-9-24(26)21(14-19)13-18-5-3-2-4-6-18/h2-10,15,17,19,21,24H,11-14,16H2,1H3. The van der Waals surface area contributed by atoms with E-state index in [0.717, 1.165) is 24.3 Å². The van der Waals surface area contributed by atoms with E-state index >= 15 is 0 Å². The Balaban J connectivity index is 1.30. The van der Waals surface area contributed by atoms with E-state index in [9.17, 15) is 0 Å². The Bertz CT molecular complexity index is 975. The molecule has 0 spiro atoms. The fourth-order valence-corrected chi connectivity index (χ4v) is 5.02. The van der Waals surface area contributed by atoms with Gasteiger partial charge in [0.25, 0.3) is 0 Å². The first kappa shape index (κ1) is 17.6. The molecule has 2 aromatic carbocycles. The molecule has 1 aliphatic carbocycles. The van der Waals surface area contributed by atoms with Gasteiger partial charge in [-0.15, -0.1) is 0 Å². The molecule has 2 aliphatic heterocycles. The van der Waals surface area contributed by atoms with Gasteiger partial charge in [-0.05, 0) is 60.4 Å². The molecule has 3 aliphatic rings. The molecule has 1 aromatic heterocycles. The highest BCUT2D eigenvalue weighted by Crippen LogP contribution is 2.36. The van der Waals surface area contributed by atoms with Gasteiger partial charge in [0.15, 0.2) is 0 Å². The molecule has 0 amide bonds. The van der Waals surface area contributed by atoms with Crippen LogP contribution in [0.2, 0.25) is 0 Å². The number of piperidine rings is 1. The molecule has 6 rings (SSSR count). The Morgan fingerprint density at radius 1 is 1.11 bits per heavy atom. The minimum atomic E-state index is 0.554. The molecule has 3 unspecified atom stereocenters. The van der Waals surface area contributed by atoms with Gasteiger partial charge in [0.1, 0.15) is 11.3 Å². The molecule has 144 valence electrons. The van der Waals surface area contributed by atoms with Crippen molar-refractivity contribution < 1.29 is 9.15 Å². The van der Waals surface area contributed by atoms with Crippen LogP contribution in [0.5, 0.6) is 5.75 Å². The van der Waals surface area contributed by atoms with E-state index in [0.29, 0.717) is 17.9 Å². The molecule has 3 heteroatoms. The van der Waals surface area contributed by atoms with E-state index in [1.165, 1.54) is 35.9 Å². The minimum Gasteiger partial charge on any atom is -0.497 e. The summed E-state index contributed by atoms with van der Waals surface area (Å²) in [6.45, 7) is 2.26. The summed E-state index contributed by atoms with van der Waals surface area (Å²) in [4.78, 5) is 2.68. The van der Waals surface area contributed by atoms with Gasteiger partial charge in [0.2, 0.25) is 0 Å². The number of ether oxygens (including phenoxy) is 1. The van der Waals surface area contributed by atoms with E-state index in [2.05, 4.69) is 53.5 Å². The van der Waals surface area contributed by atoms with Crippen LogP contribution in [0.25, 0.3) is 11.0 Å². The smallest absolute Gasteiger partial charge is 0.134 e. The zero-order chi connectivity index (χ0) is 18.9. The van der Waals surface area contributed by atoms with Gasteiger partial charge < -0.3 is 9.15 Å². The van der Waals surface area contributed by atoms with Crippen LogP contribution in [0.1, 0.15) is 17.5 Å². The lowest BCUT2D eigenvalue weighted by atomic mass is 9.75. The number of fused-ring (bicyclic) bond motifs is 3. The van der Waals surface area contributed by atoms with Gasteiger partial charge >= 0.3 is 0 Å². The Morgan fingerprint density at radius 3 is 2.82 bits per heavy atom. The molecule has 28 heavy (non-hydrogen) atoms. The maximum Gasteiger partial charge on any atom is 0.134 e. The van der Waals surface area contributed by atoms with Crippen molar-refractivity contribution in [2.24, 2.45) is 11.8 Å².